The summed E-state index contributed by atoms with van der Waals surface area (Å²) in [4.78, 5) is 12.2. The SMILES string of the molecule is CCn1cnnc1SCC(=O)c1ccc(N(C)S(C)(=O)=O)cc1. The van der Waals surface area contributed by atoms with Crippen molar-refractivity contribution < 1.29 is 13.2 Å². The van der Waals surface area contributed by atoms with E-state index >= 15 is 0 Å². The highest BCUT2D eigenvalue weighted by atomic mass is 32.2. The van der Waals surface area contributed by atoms with E-state index in [1.54, 1.807) is 30.6 Å². The highest BCUT2D eigenvalue weighted by molar-refractivity contribution is 7.99. The Morgan fingerprint density at radius 2 is 1.96 bits per heavy atom. The van der Waals surface area contributed by atoms with E-state index in [-0.39, 0.29) is 11.5 Å². The van der Waals surface area contributed by atoms with Crippen molar-refractivity contribution in [2.24, 2.45) is 0 Å². The number of hydrogen-bond donors (Lipinski definition) is 0. The quantitative estimate of drug-likeness (QED) is 0.555. The summed E-state index contributed by atoms with van der Waals surface area (Å²) in [5, 5.41) is 8.49. The molecule has 0 spiro atoms. The molecule has 0 aliphatic carbocycles. The van der Waals surface area contributed by atoms with Crippen molar-refractivity contribution in [3.63, 3.8) is 0 Å². The molecular formula is C14H18N4O3S2. The zero-order valence-corrected chi connectivity index (χ0v) is 14.8. The topological polar surface area (TPSA) is 85.2 Å². The van der Waals surface area contributed by atoms with Crippen LogP contribution in [0.1, 0.15) is 17.3 Å². The summed E-state index contributed by atoms with van der Waals surface area (Å²) in [6.07, 6.45) is 2.76. The van der Waals surface area contributed by atoms with E-state index in [1.165, 1.54) is 23.1 Å². The van der Waals surface area contributed by atoms with Gasteiger partial charge in [0.2, 0.25) is 10.0 Å². The molecule has 124 valence electrons. The summed E-state index contributed by atoms with van der Waals surface area (Å²) >= 11 is 1.33. The molecule has 1 aromatic carbocycles. The Labute approximate surface area is 139 Å². The van der Waals surface area contributed by atoms with Crippen LogP contribution in [0.5, 0.6) is 0 Å². The fraction of sp³-hybridized carbons (Fsp3) is 0.357. The summed E-state index contributed by atoms with van der Waals surface area (Å²) in [5.41, 5.74) is 1.05. The average molecular weight is 354 g/mol. The van der Waals surface area contributed by atoms with E-state index in [0.29, 0.717) is 16.4 Å². The van der Waals surface area contributed by atoms with Crippen molar-refractivity contribution in [1.82, 2.24) is 14.8 Å². The van der Waals surface area contributed by atoms with Crippen LogP contribution in [0.15, 0.2) is 35.7 Å². The third-order valence-electron chi connectivity index (χ3n) is 3.30. The number of hydrogen-bond acceptors (Lipinski definition) is 6. The highest BCUT2D eigenvalue weighted by Crippen LogP contribution is 2.19. The van der Waals surface area contributed by atoms with Crippen molar-refractivity contribution in [1.29, 1.82) is 0 Å². The Balaban J connectivity index is 2.03. The van der Waals surface area contributed by atoms with E-state index in [2.05, 4.69) is 10.2 Å². The van der Waals surface area contributed by atoms with Gasteiger partial charge in [-0.05, 0) is 31.2 Å². The average Bonchev–Trinajstić information content (AvgIpc) is 2.98. The third kappa shape index (κ3) is 4.32. The number of carbonyl (C=O) groups excluding carboxylic acids is 1. The summed E-state index contributed by atoms with van der Waals surface area (Å²) < 4.78 is 26.0. The monoisotopic (exact) mass is 354 g/mol. The van der Waals surface area contributed by atoms with Crippen molar-refractivity contribution in [3.05, 3.63) is 36.2 Å². The van der Waals surface area contributed by atoms with Gasteiger partial charge in [-0.3, -0.25) is 9.10 Å². The molecule has 0 atom stereocenters. The molecule has 0 aliphatic heterocycles. The molecule has 1 heterocycles. The molecule has 0 aliphatic rings. The Morgan fingerprint density at radius 1 is 1.30 bits per heavy atom. The number of carbonyl (C=O) groups is 1. The summed E-state index contributed by atoms with van der Waals surface area (Å²) in [6.45, 7) is 2.72. The van der Waals surface area contributed by atoms with E-state index < -0.39 is 10.0 Å². The number of Topliss-reactive ketones (excluding diaryl/α,β-unsaturated/α-hetero) is 1. The number of anilines is 1. The fourth-order valence-corrected chi connectivity index (χ4v) is 3.21. The maximum atomic E-state index is 12.2. The molecule has 9 heteroatoms. The van der Waals surface area contributed by atoms with Gasteiger partial charge in [0.1, 0.15) is 6.33 Å². The molecule has 2 aromatic rings. The van der Waals surface area contributed by atoms with Gasteiger partial charge in [0, 0.05) is 19.2 Å². The molecule has 7 nitrogen and oxygen atoms in total. The van der Waals surface area contributed by atoms with Gasteiger partial charge in [0.15, 0.2) is 10.9 Å². The van der Waals surface area contributed by atoms with Gasteiger partial charge in [-0.15, -0.1) is 10.2 Å². The Morgan fingerprint density at radius 3 is 2.52 bits per heavy atom. The summed E-state index contributed by atoms with van der Waals surface area (Å²) in [5.74, 6) is 0.203. The molecular weight excluding hydrogens is 336 g/mol. The van der Waals surface area contributed by atoms with Crippen LogP contribution in [0.2, 0.25) is 0 Å². The second-order valence-electron chi connectivity index (χ2n) is 4.89. The molecule has 0 N–H and O–H groups in total. The zero-order valence-electron chi connectivity index (χ0n) is 13.1. The number of aryl methyl sites for hydroxylation is 1. The second kappa shape index (κ2) is 7.14. The van der Waals surface area contributed by atoms with E-state index in [0.717, 1.165) is 12.8 Å². The molecule has 23 heavy (non-hydrogen) atoms. The predicted octanol–water partition coefficient (Wildman–Crippen LogP) is 1.67. The number of benzene rings is 1. The maximum absolute atomic E-state index is 12.2. The lowest BCUT2D eigenvalue weighted by molar-refractivity contribution is 0.102. The first-order valence-corrected chi connectivity index (χ1v) is 9.74. The van der Waals surface area contributed by atoms with Gasteiger partial charge in [-0.2, -0.15) is 0 Å². The fourth-order valence-electron chi connectivity index (χ4n) is 1.84. The van der Waals surface area contributed by atoms with Crippen LogP contribution in [-0.2, 0) is 16.6 Å². The predicted molar refractivity (Wildman–Crippen MR) is 90.4 cm³/mol. The minimum absolute atomic E-state index is 0.0470. The zero-order chi connectivity index (χ0) is 17.0. The first-order chi connectivity index (χ1) is 10.8. The van der Waals surface area contributed by atoms with Crippen molar-refractivity contribution in [3.8, 4) is 0 Å². The molecule has 0 fully saturated rings. The van der Waals surface area contributed by atoms with Gasteiger partial charge in [-0.25, -0.2) is 8.42 Å². The van der Waals surface area contributed by atoms with E-state index in [4.69, 9.17) is 0 Å². The van der Waals surface area contributed by atoms with Crippen LogP contribution in [0.3, 0.4) is 0 Å². The van der Waals surface area contributed by atoms with Crippen LogP contribution in [0.25, 0.3) is 0 Å². The number of nitrogens with zero attached hydrogens (tertiary/aromatic N) is 4. The minimum Gasteiger partial charge on any atom is -0.309 e. The van der Waals surface area contributed by atoms with E-state index in [9.17, 15) is 13.2 Å². The van der Waals surface area contributed by atoms with E-state index in [1.807, 2.05) is 11.5 Å². The first kappa shape index (κ1) is 17.5. The first-order valence-electron chi connectivity index (χ1n) is 6.90. The van der Waals surface area contributed by atoms with Crippen LogP contribution < -0.4 is 4.31 Å². The third-order valence-corrected chi connectivity index (χ3v) is 5.49. The lowest BCUT2D eigenvalue weighted by Gasteiger charge is -2.16. The lowest BCUT2D eigenvalue weighted by Crippen LogP contribution is -2.24. The largest absolute Gasteiger partial charge is 0.309 e. The van der Waals surface area contributed by atoms with Crippen molar-refractivity contribution in [2.45, 2.75) is 18.6 Å². The molecule has 2 rings (SSSR count). The second-order valence-corrected chi connectivity index (χ2v) is 7.85. The van der Waals surface area contributed by atoms with Crippen LogP contribution >= 0.6 is 11.8 Å². The molecule has 0 unspecified atom stereocenters. The highest BCUT2D eigenvalue weighted by Gasteiger charge is 2.14. The summed E-state index contributed by atoms with van der Waals surface area (Å²) in [6, 6.07) is 6.50. The Kier molecular flexibility index (Phi) is 5.42. The van der Waals surface area contributed by atoms with Gasteiger partial charge >= 0.3 is 0 Å². The number of aromatic nitrogens is 3. The molecule has 0 radical (unpaired) electrons. The molecule has 0 saturated carbocycles. The maximum Gasteiger partial charge on any atom is 0.231 e. The van der Waals surface area contributed by atoms with Crippen molar-refractivity contribution >= 4 is 33.3 Å². The van der Waals surface area contributed by atoms with Crippen LogP contribution in [0, 0.1) is 0 Å². The number of sulfonamides is 1. The normalized spacial score (nSPS) is 11.4. The molecule has 0 amide bonds. The lowest BCUT2D eigenvalue weighted by atomic mass is 10.1. The van der Waals surface area contributed by atoms with Crippen LogP contribution in [-0.4, -0.2) is 48.0 Å². The van der Waals surface area contributed by atoms with Gasteiger partial charge in [0.25, 0.3) is 0 Å². The van der Waals surface area contributed by atoms with Crippen molar-refractivity contribution in [2.75, 3.05) is 23.4 Å². The standard InChI is InChI=1S/C14H18N4O3S2/c1-4-18-10-15-16-14(18)22-9-13(19)11-5-7-12(8-6-11)17(2)23(3,20)21/h5-8,10H,4,9H2,1-3H3. The molecule has 1 aromatic heterocycles. The van der Waals surface area contributed by atoms with Gasteiger partial charge < -0.3 is 4.57 Å². The van der Waals surface area contributed by atoms with Crippen LogP contribution in [0.4, 0.5) is 5.69 Å². The smallest absolute Gasteiger partial charge is 0.231 e. The Hall–Kier alpha value is -1.87. The number of thioether (sulfide) groups is 1. The minimum atomic E-state index is -3.31. The molecule has 0 bridgehead atoms. The van der Waals surface area contributed by atoms with Gasteiger partial charge in [-0.1, -0.05) is 11.8 Å². The summed E-state index contributed by atoms with van der Waals surface area (Å²) in [7, 11) is -1.84. The number of ketones is 1. The van der Waals surface area contributed by atoms with Gasteiger partial charge in [0.05, 0.1) is 17.7 Å². The molecule has 0 saturated heterocycles. The number of rotatable bonds is 7. The Bertz CT molecular complexity index is 785.